The molecule has 0 radical (unpaired) electrons. The van der Waals surface area contributed by atoms with Crippen molar-refractivity contribution in [2.45, 2.75) is 44.7 Å². The molecular weight excluding hydrogens is 276 g/mol. The van der Waals surface area contributed by atoms with Gasteiger partial charge in [0.2, 0.25) is 5.91 Å². The fourth-order valence-corrected chi connectivity index (χ4v) is 3.73. The number of ether oxygens (including phenoxy) is 1. The zero-order valence-corrected chi connectivity index (χ0v) is 13.6. The van der Waals surface area contributed by atoms with Gasteiger partial charge < -0.3 is 15.0 Å². The van der Waals surface area contributed by atoms with E-state index in [1.807, 2.05) is 18.0 Å². The normalized spacial score (nSPS) is 21.5. The van der Waals surface area contributed by atoms with Gasteiger partial charge in [-0.05, 0) is 48.4 Å². The number of hydrogen-bond donors (Lipinski definition) is 1. The Kier molecular flexibility index (Phi) is 4.67. The highest BCUT2D eigenvalue weighted by atomic mass is 16.5. The lowest BCUT2D eigenvalue weighted by Crippen LogP contribution is -2.49. The summed E-state index contributed by atoms with van der Waals surface area (Å²) in [6, 6.07) is 6.03. The first-order valence-corrected chi connectivity index (χ1v) is 8.31. The van der Waals surface area contributed by atoms with Crippen LogP contribution in [0, 0.1) is 5.92 Å². The Morgan fingerprint density at radius 2 is 2.09 bits per heavy atom. The number of nitrogens with zero attached hydrogens (tertiary/aromatic N) is 1. The Hall–Kier alpha value is -1.55. The van der Waals surface area contributed by atoms with E-state index in [2.05, 4.69) is 17.4 Å². The van der Waals surface area contributed by atoms with Crippen LogP contribution in [0.2, 0.25) is 0 Å². The molecule has 120 valence electrons. The highest BCUT2D eigenvalue weighted by Crippen LogP contribution is 2.26. The number of likely N-dealkylation sites (N-methyl/N-ethyl adjacent to an activating group) is 1. The maximum Gasteiger partial charge on any atom is 0.239 e. The largest absolute Gasteiger partial charge is 0.497 e. The number of hydrogen-bond acceptors (Lipinski definition) is 3. The molecule has 1 N–H and O–H groups in total. The number of methoxy groups -OCH3 is 1. The summed E-state index contributed by atoms with van der Waals surface area (Å²) < 4.78 is 5.30. The molecule has 1 atom stereocenters. The third-order valence-corrected chi connectivity index (χ3v) is 5.06. The number of amides is 1. The van der Waals surface area contributed by atoms with Crippen molar-refractivity contribution in [2.24, 2.45) is 5.92 Å². The lowest BCUT2D eigenvalue weighted by Gasteiger charge is -2.30. The minimum atomic E-state index is -0.106. The number of carbonyl (C=O) groups excluding carboxylic acids is 1. The van der Waals surface area contributed by atoms with E-state index in [-0.39, 0.29) is 11.9 Å². The van der Waals surface area contributed by atoms with Crippen LogP contribution < -0.4 is 10.1 Å². The summed E-state index contributed by atoms with van der Waals surface area (Å²) in [6.07, 6.45) is 5.94. The maximum atomic E-state index is 12.7. The van der Waals surface area contributed by atoms with Gasteiger partial charge in [0.1, 0.15) is 5.75 Å². The van der Waals surface area contributed by atoms with Crippen LogP contribution in [0.15, 0.2) is 18.2 Å². The molecular formula is C18H26N2O2. The van der Waals surface area contributed by atoms with E-state index in [0.29, 0.717) is 5.92 Å². The zero-order chi connectivity index (χ0) is 15.5. The van der Waals surface area contributed by atoms with Crippen molar-refractivity contribution >= 4 is 5.91 Å². The fourth-order valence-electron chi connectivity index (χ4n) is 3.73. The number of nitrogens with one attached hydrogen (secondary N) is 1. The van der Waals surface area contributed by atoms with E-state index in [1.54, 1.807) is 7.11 Å². The fraction of sp³-hybridized carbons (Fsp3) is 0.611. The van der Waals surface area contributed by atoms with Crippen LogP contribution in [0.25, 0.3) is 0 Å². The van der Waals surface area contributed by atoms with Crippen molar-refractivity contribution < 1.29 is 9.53 Å². The molecule has 1 aromatic rings. The van der Waals surface area contributed by atoms with E-state index in [9.17, 15) is 4.79 Å². The molecule has 0 aromatic heterocycles. The van der Waals surface area contributed by atoms with Crippen LogP contribution in [-0.4, -0.2) is 37.6 Å². The summed E-state index contributed by atoms with van der Waals surface area (Å²) in [5.74, 6) is 1.79. The van der Waals surface area contributed by atoms with Gasteiger partial charge in [0.25, 0.3) is 0 Å². The summed E-state index contributed by atoms with van der Waals surface area (Å²) >= 11 is 0. The van der Waals surface area contributed by atoms with Gasteiger partial charge in [-0.3, -0.25) is 4.79 Å². The summed E-state index contributed by atoms with van der Waals surface area (Å²) in [7, 11) is 3.63. The molecule has 1 aliphatic carbocycles. The van der Waals surface area contributed by atoms with Crippen LogP contribution in [0.3, 0.4) is 0 Å². The Balaban J connectivity index is 1.63. The number of rotatable bonds is 4. The van der Waals surface area contributed by atoms with Crippen LogP contribution in [0.4, 0.5) is 0 Å². The van der Waals surface area contributed by atoms with Gasteiger partial charge in [-0.1, -0.05) is 18.9 Å². The van der Waals surface area contributed by atoms with Gasteiger partial charge in [-0.25, -0.2) is 0 Å². The minimum Gasteiger partial charge on any atom is -0.497 e. The molecule has 22 heavy (non-hydrogen) atoms. The molecule has 0 bridgehead atoms. The molecule has 1 unspecified atom stereocenters. The maximum absolute atomic E-state index is 12.7. The Labute approximate surface area is 132 Å². The van der Waals surface area contributed by atoms with E-state index in [0.717, 1.165) is 25.3 Å². The number of benzene rings is 1. The first-order valence-electron chi connectivity index (χ1n) is 8.31. The second-order valence-electron chi connectivity index (χ2n) is 6.64. The topological polar surface area (TPSA) is 41.6 Å². The standard InChI is InChI=1S/C18H26N2O2/c1-20(12-13-5-3-4-6-13)18(21)17-10-15-9-16(22-2)8-7-14(15)11-19-17/h7-9,13,17,19H,3-6,10-12H2,1-2H3. The van der Waals surface area contributed by atoms with E-state index < -0.39 is 0 Å². The number of carbonyl (C=O) groups is 1. The monoisotopic (exact) mass is 302 g/mol. The summed E-state index contributed by atoms with van der Waals surface area (Å²) in [6.45, 7) is 1.66. The van der Waals surface area contributed by atoms with Crippen molar-refractivity contribution in [1.29, 1.82) is 0 Å². The van der Waals surface area contributed by atoms with Gasteiger partial charge in [-0.15, -0.1) is 0 Å². The predicted octanol–water partition coefficient (Wildman–Crippen LogP) is 2.36. The molecule has 0 saturated heterocycles. The van der Waals surface area contributed by atoms with E-state index in [1.165, 1.54) is 36.8 Å². The smallest absolute Gasteiger partial charge is 0.239 e. The Bertz CT molecular complexity index is 538. The molecule has 1 aromatic carbocycles. The molecule has 1 fully saturated rings. The van der Waals surface area contributed by atoms with Gasteiger partial charge >= 0.3 is 0 Å². The minimum absolute atomic E-state index is 0.106. The molecule has 1 amide bonds. The molecule has 1 saturated carbocycles. The highest BCUT2D eigenvalue weighted by Gasteiger charge is 2.28. The van der Waals surface area contributed by atoms with Crippen molar-refractivity contribution in [1.82, 2.24) is 10.2 Å². The van der Waals surface area contributed by atoms with Crippen molar-refractivity contribution in [3.8, 4) is 5.75 Å². The first-order chi connectivity index (χ1) is 10.7. The van der Waals surface area contributed by atoms with Gasteiger partial charge in [0.05, 0.1) is 13.2 Å². The molecule has 4 heteroatoms. The molecule has 2 aliphatic rings. The quantitative estimate of drug-likeness (QED) is 0.928. The average molecular weight is 302 g/mol. The average Bonchev–Trinajstić information content (AvgIpc) is 3.05. The van der Waals surface area contributed by atoms with E-state index in [4.69, 9.17) is 4.74 Å². The van der Waals surface area contributed by atoms with Gasteiger partial charge in [0, 0.05) is 20.1 Å². The third-order valence-electron chi connectivity index (χ3n) is 5.06. The second kappa shape index (κ2) is 6.69. The highest BCUT2D eigenvalue weighted by molar-refractivity contribution is 5.82. The van der Waals surface area contributed by atoms with Crippen LogP contribution >= 0.6 is 0 Å². The van der Waals surface area contributed by atoms with Crippen LogP contribution in [0.1, 0.15) is 36.8 Å². The lowest BCUT2D eigenvalue weighted by atomic mass is 9.94. The Morgan fingerprint density at radius 3 is 2.82 bits per heavy atom. The van der Waals surface area contributed by atoms with Crippen molar-refractivity contribution in [3.05, 3.63) is 29.3 Å². The molecule has 1 aliphatic heterocycles. The SMILES string of the molecule is COc1ccc2c(c1)CC(C(=O)N(C)CC1CCCC1)NC2. The van der Waals surface area contributed by atoms with Crippen LogP contribution in [0.5, 0.6) is 5.75 Å². The molecule has 3 rings (SSSR count). The summed E-state index contributed by atoms with van der Waals surface area (Å²) in [5.41, 5.74) is 2.49. The second-order valence-corrected chi connectivity index (χ2v) is 6.64. The number of fused-ring (bicyclic) bond motifs is 1. The van der Waals surface area contributed by atoms with Gasteiger partial charge in [-0.2, -0.15) is 0 Å². The van der Waals surface area contributed by atoms with E-state index >= 15 is 0 Å². The third kappa shape index (κ3) is 3.27. The summed E-state index contributed by atoms with van der Waals surface area (Å²) in [4.78, 5) is 14.6. The van der Waals surface area contributed by atoms with Crippen molar-refractivity contribution in [3.63, 3.8) is 0 Å². The predicted molar refractivity (Wildman–Crippen MR) is 86.9 cm³/mol. The zero-order valence-electron chi connectivity index (χ0n) is 13.6. The first kappa shape index (κ1) is 15.3. The lowest BCUT2D eigenvalue weighted by molar-refractivity contribution is -0.132. The van der Waals surface area contributed by atoms with Crippen LogP contribution in [-0.2, 0) is 17.8 Å². The molecule has 0 spiro atoms. The summed E-state index contributed by atoms with van der Waals surface area (Å²) in [5, 5.41) is 3.39. The van der Waals surface area contributed by atoms with Gasteiger partial charge in [0.15, 0.2) is 0 Å². The molecule has 1 heterocycles. The van der Waals surface area contributed by atoms with Crippen molar-refractivity contribution in [2.75, 3.05) is 20.7 Å². The Morgan fingerprint density at radius 1 is 1.32 bits per heavy atom. The molecule has 4 nitrogen and oxygen atoms in total.